The quantitative estimate of drug-likeness (QED) is 0.190. The van der Waals surface area contributed by atoms with Gasteiger partial charge in [0.1, 0.15) is 11.5 Å². The topological polar surface area (TPSA) is 90.6 Å². The maximum absolute atomic E-state index is 12.4. The van der Waals surface area contributed by atoms with Crippen LogP contribution in [0.2, 0.25) is 0 Å². The number of benzene rings is 3. The molecule has 0 bridgehead atoms. The summed E-state index contributed by atoms with van der Waals surface area (Å²) in [5, 5.41) is 13.3. The van der Waals surface area contributed by atoms with Gasteiger partial charge in [-0.3, -0.25) is 9.36 Å². The van der Waals surface area contributed by atoms with Crippen molar-refractivity contribution in [3.05, 3.63) is 90.5 Å². The van der Waals surface area contributed by atoms with Crippen molar-refractivity contribution in [3.8, 4) is 28.6 Å². The average molecular weight is 500 g/mol. The number of allylic oxidation sites excluding steroid dienone is 1. The first-order valence-corrected chi connectivity index (χ1v) is 12.1. The number of nitrogens with one attached hydrogen (secondary N) is 1. The molecule has 4 aromatic rings. The van der Waals surface area contributed by atoms with E-state index in [0.29, 0.717) is 11.0 Å². The number of hydrogen-bond donors (Lipinski definition) is 1. The minimum absolute atomic E-state index is 0.126. The number of aromatic nitrogens is 3. The molecular weight excluding hydrogens is 474 g/mol. The smallest absolute Gasteiger partial charge is 0.250 e. The van der Waals surface area contributed by atoms with Crippen molar-refractivity contribution < 1.29 is 14.3 Å². The molecule has 0 unspecified atom stereocenters. The third kappa shape index (κ3) is 6.19. The third-order valence-corrected chi connectivity index (χ3v) is 6.02. The Labute approximate surface area is 213 Å². The molecule has 36 heavy (non-hydrogen) atoms. The van der Waals surface area contributed by atoms with Crippen LogP contribution in [0.25, 0.3) is 23.2 Å². The van der Waals surface area contributed by atoms with E-state index in [0.717, 1.165) is 28.3 Å². The molecule has 3 aromatic carbocycles. The fourth-order valence-corrected chi connectivity index (χ4v) is 4.11. The standard InChI is InChI=1S/C27H25N5O3S/c1-34-23-16-14-21(15-17-23)26-30-31-27(32(26)22-11-4-3-5-12-22)36-19-25(33)29-28-18-8-10-20-9-6-7-13-24(20)35-2/h3-18H,19H2,1-2H3,(H,29,33). The van der Waals surface area contributed by atoms with E-state index in [-0.39, 0.29) is 11.7 Å². The van der Waals surface area contributed by atoms with E-state index in [1.165, 1.54) is 18.0 Å². The molecule has 1 aromatic heterocycles. The number of nitrogens with zero attached hydrogens (tertiary/aromatic N) is 4. The lowest BCUT2D eigenvalue weighted by Crippen LogP contribution is -2.19. The van der Waals surface area contributed by atoms with E-state index in [4.69, 9.17) is 9.47 Å². The van der Waals surface area contributed by atoms with E-state index < -0.39 is 0 Å². The van der Waals surface area contributed by atoms with Gasteiger partial charge < -0.3 is 9.47 Å². The molecule has 1 heterocycles. The summed E-state index contributed by atoms with van der Waals surface area (Å²) in [5.41, 5.74) is 5.23. The molecule has 8 nitrogen and oxygen atoms in total. The van der Waals surface area contributed by atoms with Crippen LogP contribution in [0.3, 0.4) is 0 Å². The van der Waals surface area contributed by atoms with Gasteiger partial charge in [0.05, 0.1) is 20.0 Å². The summed E-state index contributed by atoms with van der Waals surface area (Å²) < 4.78 is 12.5. The number of hydrazone groups is 1. The highest BCUT2D eigenvalue weighted by molar-refractivity contribution is 7.99. The van der Waals surface area contributed by atoms with Gasteiger partial charge in [-0.25, -0.2) is 5.43 Å². The lowest BCUT2D eigenvalue weighted by atomic mass is 10.2. The number of para-hydroxylation sites is 2. The number of amides is 1. The van der Waals surface area contributed by atoms with E-state index in [1.54, 1.807) is 20.3 Å². The zero-order valence-electron chi connectivity index (χ0n) is 19.9. The normalized spacial score (nSPS) is 11.2. The molecule has 0 aliphatic rings. The van der Waals surface area contributed by atoms with Crippen LogP contribution in [0.5, 0.6) is 11.5 Å². The first-order chi connectivity index (χ1) is 17.7. The summed E-state index contributed by atoms with van der Waals surface area (Å²) >= 11 is 1.28. The second kappa shape index (κ2) is 12.4. The van der Waals surface area contributed by atoms with Gasteiger partial charge in [0, 0.05) is 23.0 Å². The number of carbonyl (C=O) groups excluding carboxylic acids is 1. The maximum atomic E-state index is 12.4. The van der Waals surface area contributed by atoms with Gasteiger partial charge in [0.25, 0.3) is 5.91 Å². The predicted octanol–water partition coefficient (Wildman–Crippen LogP) is 4.86. The van der Waals surface area contributed by atoms with Crippen LogP contribution in [-0.4, -0.2) is 46.9 Å². The molecule has 0 aliphatic carbocycles. The Bertz CT molecular complexity index is 1350. The Kier molecular flexibility index (Phi) is 8.50. The molecule has 1 amide bonds. The zero-order chi connectivity index (χ0) is 25.2. The first-order valence-electron chi connectivity index (χ1n) is 11.1. The number of hydrogen-bond acceptors (Lipinski definition) is 7. The Balaban J connectivity index is 1.42. The van der Waals surface area contributed by atoms with Crippen LogP contribution in [0, 0.1) is 0 Å². The summed E-state index contributed by atoms with van der Waals surface area (Å²) in [6.45, 7) is 0. The molecule has 1 N–H and O–H groups in total. The lowest BCUT2D eigenvalue weighted by Gasteiger charge is -2.10. The second-order valence-corrected chi connectivity index (χ2v) is 8.35. The van der Waals surface area contributed by atoms with Crippen molar-refractivity contribution in [1.82, 2.24) is 20.2 Å². The molecule has 0 fully saturated rings. The van der Waals surface area contributed by atoms with Crippen molar-refractivity contribution in [2.24, 2.45) is 5.10 Å². The molecule has 0 saturated heterocycles. The molecule has 0 atom stereocenters. The second-order valence-electron chi connectivity index (χ2n) is 7.41. The number of thioether (sulfide) groups is 1. The van der Waals surface area contributed by atoms with Gasteiger partial charge in [-0.1, -0.05) is 48.2 Å². The summed E-state index contributed by atoms with van der Waals surface area (Å²) in [6.07, 6.45) is 5.11. The lowest BCUT2D eigenvalue weighted by molar-refractivity contribution is -0.118. The first kappa shape index (κ1) is 24.7. The molecule has 4 rings (SSSR count). The predicted molar refractivity (Wildman–Crippen MR) is 143 cm³/mol. The summed E-state index contributed by atoms with van der Waals surface area (Å²) in [6, 6.07) is 25.0. The van der Waals surface area contributed by atoms with Crippen molar-refractivity contribution >= 4 is 30.0 Å². The SMILES string of the molecule is COc1ccc(-c2nnc(SCC(=O)NN=CC=Cc3ccccc3OC)n2-c2ccccc2)cc1. The number of carbonyl (C=O) groups is 1. The van der Waals surface area contributed by atoms with Crippen molar-refractivity contribution in [3.63, 3.8) is 0 Å². The van der Waals surface area contributed by atoms with Crippen molar-refractivity contribution in [2.45, 2.75) is 5.16 Å². The molecule has 9 heteroatoms. The van der Waals surface area contributed by atoms with Crippen LogP contribution in [-0.2, 0) is 4.79 Å². The molecule has 0 spiro atoms. The van der Waals surface area contributed by atoms with E-state index in [9.17, 15) is 4.79 Å². The Morgan fingerprint density at radius 3 is 2.47 bits per heavy atom. The van der Waals surface area contributed by atoms with Crippen LogP contribution in [0.15, 0.2) is 95.2 Å². The van der Waals surface area contributed by atoms with Gasteiger partial charge in [-0.15, -0.1) is 10.2 Å². The van der Waals surface area contributed by atoms with Crippen molar-refractivity contribution in [1.29, 1.82) is 0 Å². The highest BCUT2D eigenvalue weighted by atomic mass is 32.2. The van der Waals surface area contributed by atoms with E-state index in [2.05, 4.69) is 20.7 Å². The Morgan fingerprint density at radius 1 is 0.972 bits per heavy atom. The zero-order valence-corrected chi connectivity index (χ0v) is 20.7. The van der Waals surface area contributed by atoms with Crippen LogP contribution in [0.1, 0.15) is 5.56 Å². The highest BCUT2D eigenvalue weighted by Crippen LogP contribution is 2.29. The average Bonchev–Trinajstić information content (AvgIpc) is 3.36. The fourth-order valence-electron chi connectivity index (χ4n) is 3.37. The molecule has 0 saturated carbocycles. The Morgan fingerprint density at radius 2 is 1.72 bits per heavy atom. The van der Waals surface area contributed by atoms with Gasteiger partial charge in [-0.05, 0) is 54.6 Å². The van der Waals surface area contributed by atoms with Gasteiger partial charge in [0.2, 0.25) is 0 Å². The number of ether oxygens (including phenoxy) is 2. The summed E-state index contributed by atoms with van der Waals surface area (Å²) in [7, 11) is 3.25. The van der Waals surface area contributed by atoms with Gasteiger partial charge in [-0.2, -0.15) is 5.10 Å². The number of rotatable bonds is 10. The molecule has 0 aliphatic heterocycles. The van der Waals surface area contributed by atoms with Gasteiger partial charge in [0.15, 0.2) is 11.0 Å². The fraction of sp³-hybridized carbons (Fsp3) is 0.111. The maximum Gasteiger partial charge on any atom is 0.250 e. The molecular formula is C27H25N5O3S. The van der Waals surface area contributed by atoms with E-state index in [1.807, 2.05) is 89.5 Å². The van der Waals surface area contributed by atoms with Crippen LogP contribution in [0.4, 0.5) is 0 Å². The Hall–Kier alpha value is -4.37. The monoisotopic (exact) mass is 499 g/mol. The van der Waals surface area contributed by atoms with Gasteiger partial charge >= 0.3 is 0 Å². The third-order valence-electron chi connectivity index (χ3n) is 5.09. The minimum Gasteiger partial charge on any atom is -0.497 e. The van der Waals surface area contributed by atoms with Crippen LogP contribution < -0.4 is 14.9 Å². The van der Waals surface area contributed by atoms with E-state index >= 15 is 0 Å². The minimum atomic E-state index is -0.254. The highest BCUT2D eigenvalue weighted by Gasteiger charge is 2.17. The largest absolute Gasteiger partial charge is 0.497 e. The summed E-state index contributed by atoms with van der Waals surface area (Å²) in [5.74, 6) is 2.07. The summed E-state index contributed by atoms with van der Waals surface area (Å²) in [4.78, 5) is 12.4. The molecule has 0 radical (unpaired) electrons. The number of methoxy groups -OCH3 is 2. The van der Waals surface area contributed by atoms with Crippen LogP contribution >= 0.6 is 11.8 Å². The molecule has 182 valence electrons. The van der Waals surface area contributed by atoms with Crippen molar-refractivity contribution in [2.75, 3.05) is 20.0 Å².